The van der Waals surface area contributed by atoms with Crippen LogP contribution in [-0.2, 0) is 9.59 Å². The quantitative estimate of drug-likeness (QED) is 0.900. The number of nitrogens with one attached hydrogen (secondary N) is 1. The molecule has 1 saturated heterocycles. The summed E-state index contributed by atoms with van der Waals surface area (Å²) in [4.78, 5) is 27.0. The van der Waals surface area contributed by atoms with Crippen LogP contribution in [0.5, 0.6) is 0 Å². The molecule has 1 aromatic heterocycles. The summed E-state index contributed by atoms with van der Waals surface area (Å²) in [5.41, 5.74) is 0. The first-order valence-corrected chi connectivity index (χ1v) is 7.18. The third-order valence-corrected chi connectivity index (χ3v) is 4.74. The number of hydrogen-bond donors (Lipinski definition) is 1. The Kier molecular flexibility index (Phi) is 2.86. The average Bonchev–Trinajstić information content (AvgIpc) is 3.05. The third kappa shape index (κ3) is 2.03. The second-order valence-electron chi connectivity index (χ2n) is 5.04. The van der Waals surface area contributed by atoms with Gasteiger partial charge in [-0.25, -0.2) is 0 Å². The SMILES string of the molecule is CC(c1cccs1)N1CC(=O)NC(C2CC2)C1=O. The number of nitrogens with zero attached hydrogens (tertiary/aromatic N) is 1. The van der Waals surface area contributed by atoms with Crippen molar-refractivity contribution in [2.75, 3.05) is 6.54 Å². The van der Waals surface area contributed by atoms with Crippen molar-refractivity contribution in [3.05, 3.63) is 22.4 Å². The minimum Gasteiger partial charge on any atom is -0.342 e. The van der Waals surface area contributed by atoms with Crippen LogP contribution in [0.25, 0.3) is 0 Å². The van der Waals surface area contributed by atoms with E-state index >= 15 is 0 Å². The van der Waals surface area contributed by atoms with Crippen molar-refractivity contribution < 1.29 is 9.59 Å². The van der Waals surface area contributed by atoms with Gasteiger partial charge < -0.3 is 10.2 Å². The summed E-state index contributed by atoms with van der Waals surface area (Å²) in [6, 6.07) is 3.70. The zero-order chi connectivity index (χ0) is 12.7. The standard InChI is InChI=1S/C13H16N2O2S/c1-8(10-3-2-6-18-10)15-7-11(16)14-12(13(15)17)9-4-5-9/h2-3,6,8-9,12H,4-5,7H2,1H3,(H,14,16). The molecule has 1 saturated carbocycles. The predicted octanol–water partition coefficient (Wildman–Crippen LogP) is 1.55. The van der Waals surface area contributed by atoms with Gasteiger partial charge in [0.1, 0.15) is 12.6 Å². The Morgan fingerprint density at radius 1 is 1.44 bits per heavy atom. The van der Waals surface area contributed by atoms with Crippen molar-refractivity contribution in [2.24, 2.45) is 5.92 Å². The lowest BCUT2D eigenvalue weighted by atomic mass is 10.1. The topological polar surface area (TPSA) is 49.4 Å². The van der Waals surface area contributed by atoms with Gasteiger partial charge >= 0.3 is 0 Å². The van der Waals surface area contributed by atoms with Gasteiger partial charge in [-0.3, -0.25) is 9.59 Å². The lowest BCUT2D eigenvalue weighted by Crippen LogP contribution is -2.59. The Balaban J connectivity index is 1.81. The van der Waals surface area contributed by atoms with E-state index in [1.54, 1.807) is 16.2 Å². The summed E-state index contributed by atoms with van der Waals surface area (Å²) in [6.45, 7) is 2.17. The molecule has 1 aliphatic carbocycles. The van der Waals surface area contributed by atoms with E-state index in [0.717, 1.165) is 17.7 Å². The van der Waals surface area contributed by atoms with E-state index in [9.17, 15) is 9.59 Å². The molecule has 0 radical (unpaired) electrons. The molecule has 2 aliphatic rings. The fourth-order valence-electron chi connectivity index (χ4n) is 2.45. The first-order valence-electron chi connectivity index (χ1n) is 6.30. The van der Waals surface area contributed by atoms with E-state index in [1.165, 1.54) is 0 Å². The first kappa shape index (κ1) is 11.7. The Morgan fingerprint density at radius 2 is 2.22 bits per heavy atom. The fourth-order valence-corrected chi connectivity index (χ4v) is 3.25. The molecule has 3 rings (SSSR count). The Bertz CT molecular complexity index is 467. The predicted molar refractivity (Wildman–Crippen MR) is 69.1 cm³/mol. The van der Waals surface area contributed by atoms with Crippen LogP contribution >= 0.6 is 11.3 Å². The second-order valence-corrected chi connectivity index (χ2v) is 6.02. The minimum atomic E-state index is -0.284. The molecule has 2 fully saturated rings. The van der Waals surface area contributed by atoms with Crippen LogP contribution in [0.2, 0.25) is 0 Å². The summed E-state index contributed by atoms with van der Waals surface area (Å²) in [6.07, 6.45) is 2.11. The maximum Gasteiger partial charge on any atom is 0.246 e. The number of carbonyl (C=O) groups is 2. The Labute approximate surface area is 110 Å². The van der Waals surface area contributed by atoms with Crippen molar-refractivity contribution in [2.45, 2.75) is 31.8 Å². The highest BCUT2D eigenvalue weighted by atomic mass is 32.1. The highest BCUT2D eigenvalue weighted by Crippen LogP contribution is 2.36. The van der Waals surface area contributed by atoms with Gasteiger partial charge in [0, 0.05) is 4.88 Å². The largest absolute Gasteiger partial charge is 0.342 e. The van der Waals surface area contributed by atoms with Crippen molar-refractivity contribution in [3.63, 3.8) is 0 Å². The summed E-state index contributed by atoms with van der Waals surface area (Å²) in [5.74, 6) is 0.410. The fraction of sp³-hybridized carbons (Fsp3) is 0.538. The molecule has 0 aromatic carbocycles. The third-order valence-electron chi connectivity index (χ3n) is 3.70. The molecule has 96 valence electrons. The number of piperazine rings is 1. The summed E-state index contributed by atoms with van der Waals surface area (Å²) < 4.78 is 0. The molecule has 4 nitrogen and oxygen atoms in total. The van der Waals surface area contributed by atoms with Crippen LogP contribution in [0.1, 0.15) is 30.7 Å². The van der Waals surface area contributed by atoms with Crippen LogP contribution in [-0.4, -0.2) is 29.3 Å². The van der Waals surface area contributed by atoms with Gasteiger partial charge in [0.25, 0.3) is 0 Å². The molecule has 18 heavy (non-hydrogen) atoms. The molecule has 0 bridgehead atoms. The molecule has 1 aliphatic heterocycles. The molecule has 1 aromatic rings. The average molecular weight is 264 g/mol. The second kappa shape index (κ2) is 4.39. The number of hydrogen-bond acceptors (Lipinski definition) is 3. The van der Waals surface area contributed by atoms with Gasteiger partial charge in [0.05, 0.1) is 6.04 Å². The number of rotatable bonds is 3. The minimum absolute atomic E-state index is 0.00944. The molecule has 5 heteroatoms. The Hall–Kier alpha value is -1.36. The maximum atomic E-state index is 12.4. The molecular weight excluding hydrogens is 248 g/mol. The highest BCUT2D eigenvalue weighted by molar-refractivity contribution is 7.10. The summed E-state index contributed by atoms with van der Waals surface area (Å²) >= 11 is 1.63. The zero-order valence-electron chi connectivity index (χ0n) is 10.3. The van der Waals surface area contributed by atoms with E-state index in [4.69, 9.17) is 0 Å². The lowest BCUT2D eigenvalue weighted by Gasteiger charge is -2.36. The van der Waals surface area contributed by atoms with E-state index in [0.29, 0.717) is 5.92 Å². The van der Waals surface area contributed by atoms with Gasteiger partial charge in [0.15, 0.2) is 0 Å². The summed E-state index contributed by atoms with van der Waals surface area (Å²) in [5, 5.41) is 4.83. The summed E-state index contributed by atoms with van der Waals surface area (Å²) in [7, 11) is 0. The van der Waals surface area contributed by atoms with Crippen LogP contribution in [0.3, 0.4) is 0 Å². The lowest BCUT2D eigenvalue weighted by molar-refractivity contribution is -0.147. The van der Waals surface area contributed by atoms with Gasteiger partial charge in [-0.15, -0.1) is 11.3 Å². The molecule has 2 unspecified atom stereocenters. The molecule has 2 amide bonds. The van der Waals surface area contributed by atoms with E-state index in [2.05, 4.69) is 5.32 Å². The van der Waals surface area contributed by atoms with Gasteiger partial charge in [0.2, 0.25) is 11.8 Å². The van der Waals surface area contributed by atoms with Crippen molar-refractivity contribution in [1.82, 2.24) is 10.2 Å². The molecule has 2 heterocycles. The zero-order valence-corrected chi connectivity index (χ0v) is 11.1. The number of thiophene rings is 1. The molecule has 0 spiro atoms. The van der Waals surface area contributed by atoms with Crippen LogP contribution < -0.4 is 5.32 Å². The van der Waals surface area contributed by atoms with Crippen molar-refractivity contribution in [1.29, 1.82) is 0 Å². The Morgan fingerprint density at radius 3 is 2.83 bits per heavy atom. The molecule has 2 atom stereocenters. The van der Waals surface area contributed by atoms with Crippen LogP contribution in [0.4, 0.5) is 0 Å². The van der Waals surface area contributed by atoms with E-state index < -0.39 is 0 Å². The highest BCUT2D eigenvalue weighted by Gasteiger charge is 2.43. The normalized spacial score (nSPS) is 26.1. The number of amides is 2. The maximum absolute atomic E-state index is 12.4. The van der Waals surface area contributed by atoms with Crippen molar-refractivity contribution >= 4 is 23.2 Å². The van der Waals surface area contributed by atoms with Crippen LogP contribution in [0, 0.1) is 5.92 Å². The van der Waals surface area contributed by atoms with Crippen molar-refractivity contribution in [3.8, 4) is 0 Å². The first-order chi connectivity index (χ1) is 8.66. The molecule has 1 N–H and O–H groups in total. The van der Waals surface area contributed by atoms with Gasteiger partial charge in [-0.1, -0.05) is 6.07 Å². The molecular formula is C13H16N2O2S. The van der Waals surface area contributed by atoms with Gasteiger partial charge in [-0.05, 0) is 37.1 Å². The number of carbonyl (C=O) groups excluding carboxylic acids is 2. The monoisotopic (exact) mass is 264 g/mol. The van der Waals surface area contributed by atoms with E-state index in [1.807, 2.05) is 24.4 Å². The van der Waals surface area contributed by atoms with Crippen LogP contribution in [0.15, 0.2) is 17.5 Å². The van der Waals surface area contributed by atoms with Gasteiger partial charge in [-0.2, -0.15) is 0 Å². The van der Waals surface area contributed by atoms with E-state index in [-0.39, 0.29) is 30.4 Å². The smallest absolute Gasteiger partial charge is 0.246 e.